The lowest BCUT2D eigenvalue weighted by Crippen LogP contribution is -2.17. The molecule has 0 aliphatic heterocycles. The zero-order chi connectivity index (χ0) is 14.2. The molecular weight excluding hydrogens is 250 g/mol. The molecule has 0 aromatic heterocycles. The van der Waals surface area contributed by atoms with Crippen molar-refractivity contribution in [2.45, 2.75) is 13.0 Å². The molecule has 0 aliphatic rings. The van der Waals surface area contributed by atoms with Crippen molar-refractivity contribution >= 4 is 5.97 Å². The number of rotatable bonds is 6. The van der Waals surface area contributed by atoms with Crippen LogP contribution in [0.4, 0.5) is 0 Å². The Morgan fingerprint density at radius 1 is 1.05 bits per heavy atom. The van der Waals surface area contributed by atoms with Gasteiger partial charge in [-0.05, 0) is 36.2 Å². The Hall–Kier alpha value is -2.13. The first-order chi connectivity index (χ1) is 9.79. The van der Waals surface area contributed by atoms with Crippen molar-refractivity contribution in [1.82, 2.24) is 5.32 Å². The van der Waals surface area contributed by atoms with E-state index in [0.29, 0.717) is 5.56 Å². The minimum absolute atomic E-state index is 0.295. The highest BCUT2D eigenvalue weighted by molar-refractivity contribution is 5.89. The summed E-state index contributed by atoms with van der Waals surface area (Å²) in [7, 11) is 1.40. The van der Waals surface area contributed by atoms with Gasteiger partial charge in [0.25, 0.3) is 0 Å². The van der Waals surface area contributed by atoms with Gasteiger partial charge in [0.2, 0.25) is 0 Å². The normalized spacial score (nSPS) is 10.2. The second kappa shape index (κ2) is 7.46. The molecule has 3 heteroatoms. The summed E-state index contributed by atoms with van der Waals surface area (Å²) in [6, 6.07) is 17.9. The summed E-state index contributed by atoms with van der Waals surface area (Å²) in [5.41, 5.74) is 3.00. The molecule has 0 radical (unpaired) electrons. The van der Waals surface area contributed by atoms with Gasteiger partial charge in [0.1, 0.15) is 0 Å². The minimum Gasteiger partial charge on any atom is -0.465 e. The predicted molar refractivity (Wildman–Crippen MR) is 79.6 cm³/mol. The monoisotopic (exact) mass is 269 g/mol. The van der Waals surface area contributed by atoms with Gasteiger partial charge in [-0.15, -0.1) is 0 Å². The summed E-state index contributed by atoms with van der Waals surface area (Å²) in [4.78, 5) is 11.4. The fourth-order valence-corrected chi connectivity index (χ4v) is 2.04. The molecule has 2 aromatic carbocycles. The molecule has 0 saturated heterocycles. The average molecular weight is 269 g/mol. The van der Waals surface area contributed by atoms with Crippen LogP contribution in [0.5, 0.6) is 0 Å². The molecule has 0 bridgehead atoms. The molecule has 2 rings (SSSR count). The lowest BCUT2D eigenvalue weighted by atomic mass is 10.1. The Kier molecular flexibility index (Phi) is 5.33. The van der Waals surface area contributed by atoms with E-state index in [0.717, 1.165) is 25.1 Å². The van der Waals surface area contributed by atoms with E-state index in [-0.39, 0.29) is 5.97 Å². The molecule has 0 fully saturated rings. The number of benzene rings is 2. The van der Waals surface area contributed by atoms with Crippen LogP contribution in [-0.4, -0.2) is 19.6 Å². The Balaban J connectivity index is 1.81. The first-order valence-electron chi connectivity index (χ1n) is 6.71. The van der Waals surface area contributed by atoms with E-state index in [1.807, 2.05) is 24.3 Å². The maximum absolute atomic E-state index is 11.4. The van der Waals surface area contributed by atoms with E-state index in [1.165, 1.54) is 12.7 Å². The van der Waals surface area contributed by atoms with Crippen LogP contribution in [0.25, 0.3) is 0 Å². The summed E-state index contributed by atoms with van der Waals surface area (Å²) >= 11 is 0. The number of carbonyl (C=O) groups excluding carboxylic acids is 1. The van der Waals surface area contributed by atoms with Crippen molar-refractivity contribution in [3.63, 3.8) is 0 Å². The lowest BCUT2D eigenvalue weighted by Gasteiger charge is -2.06. The lowest BCUT2D eigenvalue weighted by molar-refractivity contribution is 0.0600. The topological polar surface area (TPSA) is 38.3 Å². The number of hydrogen-bond acceptors (Lipinski definition) is 3. The summed E-state index contributed by atoms with van der Waals surface area (Å²) in [5, 5.41) is 3.38. The highest BCUT2D eigenvalue weighted by Crippen LogP contribution is 2.06. The second-order valence-electron chi connectivity index (χ2n) is 4.60. The second-order valence-corrected chi connectivity index (χ2v) is 4.60. The van der Waals surface area contributed by atoms with Crippen molar-refractivity contribution < 1.29 is 9.53 Å². The van der Waals surface area contributed by atoms with E-state index in [4.69, 9.17) is 4.74 Å². The van der Waals surface area contributed by atoms with Gasteiger partial charge in [-0.2, -0.15) is 0 Å². The molecule has 1 N–H and O–H groups in total. The number of methoxy groups -OCH3 is 1. The molecular formula is C17H19NO2. The molecule has 0 heterocycles. The van der Waals surface area contributed by atoms with Crippen LogP contribution in [0.15, 0.2) is 54.6 Å². The highest BCUT2D eigenvalue weighted by atomic mass is 16.5. The fraction of sp³-hybridized carbons (Fsp3) is 0.235. The van der Waals surface area contributed by atoms with Gasteiger partial charge in [-0.3, -0.25) is 0 Å². The third-order valence-electron chi connectivity index (χ3n) is 3.11. The molecule has 104 valence electrons. The van der Waals surface area contributed by atoms with Crippen molar-refractivity contribution in [1.29, 1.82) is 0 Å². The van der Waals surface area contributed by atoms with Crippen LogP contribution in [0, 0.1) is 0 Å². The van der Waals surface area contributed by atoms with E-state index in [1.54, 1.807) is 6.07 Å². The van der Waals surface area contributed by atoms with Gasteiger partial charge < -0.3 is 10.1 Å². The van der Waals surface area contributed by atoms with Gasteiger partial charge in [0.05, 0.1) is 12.7 Å². The molecule has 0 atom stereocenters. The molecule has 0 aliphatic carbocycles. The number of esters is 1. The summed E-state index contributed by atoms with van der Waals surface area (Å²) in [5.74, 6) is -0.295. The smallest absolute Gasteiger partial charge is 0.337 e. The zero-order valence-electron chi connectivity index (χ0n) is 11.6. The standard InChI is InChI=1S/C17H19NO2/c1-20-17(19)16-9-5-8-15(12-16)13-18-11-10-14-6-3-2-4-7-14/h2-9,12,18H,10-11,13H2,1H3. The van der Waals surface area contributed by atoms with Crippen molar-refractivity contribution in [3.8, 4) is 0 Å². The number of ether oxygens (including phenoxy) is 1. The molecule has 2 aromatic rings. The van der Waals surface area contributed by atoms with E-state index in [9.17, 15) is 4.79 Å². The van der Waals surface area contributed by atoms with E-state index in [2.05, 4.69) is 29.6 Å². The van der Waals surface area contributed by atoms with Crippen LogP contribution < -0.4 is 5.32 Å². The van der Waals surface area contributed by atoms with Crippen LogP contribution in [0.1, 0.15) is 21.5 Å². The zero-order valence-corrected chi connectivity index (χ0v) is 11.6. The van der Waals surface area contributed by atoms with Crippen molar-refractivity contribution in [2.24, 2.45) is 0 Å². The molecule has 20 heavy (non-hydrogen) atoms. The minimum atomic E-state index is -0.295. The van der Waals surface area contributed by atoms with Crippen molar-refractivity contribution in [2.75, 3.05) is 13.7 Å². The Bertz CT molecular complexity index is 552. The predicted octanol–water partition coefficient (Wildman–Crippen LogP) is 2.81. The quantitative estimate of drug-likeness (QED) is 0.647. The Morgan fingerprint density at radius 2 is 1.80 bits per heavy atom. The Labute approximate surface area is 119 Å². The molecule has 0 saturated carbocycles. The first-order valence-corrected chi connectivity index (χ1v) is 6.71. The van der Waals surface area contributed by atoms with Gasteiger partial charge in [0.15, 0.2) is 0 Å². The first kappa shape index (κ1) is 14.3. The summed E-state index contributed by atoms with van der Waals surface area (Å²) < 4.78 is 4.72. The van der Waals surface area contributed by atoms with Crippen LogP contribution in [-0.2, 0) is 17.7 Å². The molecule has 0 unspecified atom stereocenters. The van der Waals surface area contributed by atoms with E-state index < -0.39 is 0 Å². The van der Waals surface area contributed by atoms with Gasteiger partial charge in [-0.1, -0.05) is 42.5 Å². The average Bonchev–Trinajstić information content (AvgIpc) is 2.52. The summed E-state index contributed by atoms with van der Waals surface area (Å²) in [6.07, 6.45) is 0.998. The molecule has 3 nitrogen and oxygen atoms in total. The Morgan fingerprint density at radius 3 is 2.55 bits per heavy atom. The third-order valence-corrected chi connectivity index (χ3v) is 3.11. The highest BCUT2D eigenvalue weighted by Gasteiger charge is 2.05. The van der Waals surface area contributed by atoms with Gasteiger partial charge in [0, 0.05) is 6.54 Å². The van der Waals surface area contributed by atoms with Crippen LogP contribution >= 0.6 is 0 Å². The number of carbonyl (C=O) groups is 1. The maximum Gasteiger partial charge on any atom is 0.337 e. The van der Waals surface area contributed by atoms with E-state index >= 15 is 0 Å². The van der Waals surface area contributed by atoms with Crippen molar-refractivity contribution in [3.05, 3.63) is 71.3 Å². The molecule has 0 spiro atoms. The van der Waals surface area contributed by atoms with Crippen LogP contribution in [0.3, 0.4) is 0 Å². The number of hydrogen-bond donors (Lipinski definition) is 1. The maximum atomic E-state index is 11.4. The van der Waals surface area contributed by atoms with Gasteiger partial charge in [-0.25, -0.2) is 4.79 Å². The fourth-order valence-electron chi connectivity index (χ4n) is 2.04. The largest absolute Gasteiger partial charge is 0.465 e. The van der Waals surface area contributed by atoms with Crippen LogP contribution in [0.2, 0.25) is 0 Å². The summed E-state index contributed by atoms with van der Waals surface area (Å²) in [6.45, 7) is 1.66. The molecule has 0 amide bonds. The SMILES string of the molecule is COC(=O)c1cccc(CNCCc2ccccc2)c1. The third kappa shape index (κ3) is 4.21. The van der Waals surface area contributed by atoms with Gasteiger partial charge >= 0.3 is 5.97 Å². The number of nitrogens with one attached hydrogen (secondary N) is 1.